The summed E-state index contributed by atoms with van der Waals surface area (Å²) in [4.78, 5) is 0. The number of hydrogen-bond donors (Lipinski definition) is 1. The Morgan fingerprint density at radius 3 is 2.69 bits per heavy atom. The van der Waals surface area contributed by atoms with Crippen molar-refractivity contribution in [2.75, 3.05) is 26.3 Å². The zero-order chi connectivity index (χ0) is 9.94. The first-order valence-electron chi connectivity index (χ1n) is 5.25. The summed E-state index contributed by atoms with van der Waals surface area (Å²) < 4.78 is 5.28. The Bertz CT molecular complexity index is 132. The maximum absolute atomic E-state index is 5.28. The van der Waals surface area contributed by atoms with Crippen LogP contribution >= 0.6 is 0 Å². The van der Waals surface area contributed by atoms with Gasteiger partial charge in [0.25, 0.3) is 0 Å². The highest BCUT2D eigenvalue weighted by molar-refractivity contribution is 4.98. The smallest absolute Gasteiger partial charge is 0.0673 e. The predicted molar refractivity (Wildman–Crippen MR) is 58.0 cm³/mol. The third-order valence-corrected chi connectivity index (χ3v) is 1.77. The van der Waals surface area contributed by atoms with Crippen LogP contribution in [0, 0.1) is 0 Å². The number of nitrogens with one attached hydrogen (secondary N) is 1. The van der Waals surface area contributed by atoms with Gasteiger partial charge in [-0.1, -0.05) is 18.6 Å². The quantitative estimate of drug-likeness (QED) is 0.463. The molecule has 0 radical (unpaired) electrons. The number of rotatable bonds is 8. The lowest BCUT2D eigenvalue weighted by atomic mass is 10.2. The fourth-order valence-corrected chi connectivity index (χ4v) is 1.04. The lowest BCUT2D eigenvalue weighted by Crippen LogP contribution is -2.15. The Morgan fingerprint density at radius 2 is 2.08 bits per heavy atom. The molecule has 2 nitrogen and oxygen atoms in total. The van der Waals surface area contributed by atoms with Crippen molar-refractivity contribution >= 4 is 0 Å². The van der Waals surface area contributed by atoms with Gasteiger partial charge in [-0.25, -0.2) is 0 Å². The van der Waals surface area contributed by atoms with Crippen molar-refractivity contribution in [2.24, 2.45) is 0 Å². The molecule has 78 valence electrons. The first-order valence-corrected chi connectivity index (χ1v) is 5.25. The van der Waals surface area contributed by atoms with Gasteiger partial charge in [0.05, 0.1) is 6.61 Å². The van der Waals surface area contributed by atoms with Gasteiger partial charge in [-0.2, -0.15) is 0 Å². The van der Waals surface area contributed by atoms with Gasteiger partial charge in [-0.05, 0) is 39.8 Å². The van der Waals surface area contributed by atoms with Crippen LogP contribution in [-0.4, -0.2) is 26.3 Å². The van der Waals surface area contributed by atoms with Crippen LogP contribution in [0.15, 0.2) is 11.6 Å². The van der Waals surface area contributed by atoms with E-state index in [1.165, 1.54) is 12.0 Å². The summed E-state index contributed by atoms with van der Waals surface area (Å²) in [5.74, 6) is 0. The SMILES string of the molecule is CCCNCCC=C(C)COCC. The predicted octanol–water partition coefficient (Wildman–Crippen LogP) is 2.36. The number of ether oxygens (including phenoxy) is 1. The van der Waals surface area contributed by atoms with Crippen LogP contribution in [0.25, 0.3) is 0 Å². The summed E-state index contributed by atoms with van der Waals surface area (Å²) in [6, 6.07) is 0. The molecule has 0 aromatic heterocycles. The van der Waals surface area contributed by atoms with E-state index in [0.29, 0.717) is 0 Å². The normalized spacial score (nSPS) is 12.1. The Labute approximate surface area is 82.4 Å². The lowest BCUT2D eigenvalue weighted by Gasteiger charge is -2.02. The van der Waals surface area contributed by atoms with E-state index in [-0.39, 0.29) is 0 Å². The van der Waals surface area contributed by atoms with E-state index in [9.17, 15) is 0 Å². The summed E-state index contributed by atoms with van der Waals surface area (Å²) in [5, 5.41) is 3.36. The highest BCUT2D eigenvalue weighted by Crippen LogP contribution is 1.95. The molecule has 0 aromatic carbocycles. The molecule has 0 aromatic rings. The van der Waals surface area contributed by atoms with Crippen molar-refractivity contribution in [3.05, 3.63) is 11.6 Å². The molecule has 0 bridgehead atoms. The Morgan fingerprint density at radius 1 is 1.31 bits per heavy atom. The minimum absolute atomic E-state index is 0.782. The Kier molecular flexibility index (Phi) is 9.49. The van der Waals surface area contributed by atoms with Gasteiger partial charge >= 0.3 is 0 Å². The van der Waals surface area contributed by atoms with Crippen molar-refractivity contribution in [1.29, 1.82) is 0 Å². The van der Waals surface area contributed by atoms with Crippen LogP contribution in [0.4, 0.5) is 0 Å². The van der Waals surface area contributed by atoms with E-state index in [0.717, 1.165) is 32.7 Å². The molecule has 0 atom stereocenters. The van der Waals surface area contributed by atoms with E-state index in [4.69, 9.17) is 4.74 Å². The minimum atomic E-state index is 0.782. The van der Waals surface area contributed by atoms with Crippen LogP contribution < -0.4 is 5.32 Å². The second kappa shape index (κ2) is 9.75. The van der Waals surface area contributed by atoms with E-state index in [1.807, 2.05) is 6.92 Å². The third kappa shape index (κ3) is 9.57. The van der Waals surface area contributed by atoms with Gasteiger partial charge in [-0.15, -0.1) is 0 Å². The van der Waals surface area contributed by atoms with E-state index < -0.39 is 0 Å². The largest absolute Gasteiger partial charge is 0.377 e. The molecule has 0 aliphatic heterocycles. The average molecular weight is 185 g/mol. The molecule has 0 rings (SSSR count). The molecule has 0 aliphatic carbocycles. The average Bonchev–Trinajstić information content (AvgIpc) is 2.14. The Hall–Kier alpha value is -0.340. The van der Waals surface area contributed by atoms with Crippen LogP contribution in [0.5, 0.6) is 0 Å². The molecule has 0 unspecified atom stereocenters. The van der Waals surface area contributed by atoms with E-state index >= 15 is 0 Å². The van der Waals surface area contributed by atoms with Gasteiger partial charge in [0.2, 0.25) is 0 Å². The van der Waals surface area contributed by atoms with Crippen molar-refractivity contribution < 1.29 is 4.74 Å². The zero-order valence-electron chi connectivity index (χ0n) is 9.23. The molecule has 0 fully saturated rings. The highest BCUT2D eigenvalue weighted by Gasteiger charge is 1.88. The fraction of sp³-hybridized carbons (Fsp3) is 0.818. The first-order chi connectivity index (χ1) is 6.31. The van der Waals surface area contributed by atoms with Gasteiger partial charge in [0, 0.05) is 6.61 Å². The topological polar surface area (TPSA) is 21.3 Å². The molecular formula is C11H23NO. The van der Waals surface area contributed by atoms with Crippen LogP contribution in [0.3, 0.4) is 0 Å². The number of hydrogen-bond acceptors (Lipinski definition) is 2. The molecule has 2 heteroatoms. The molecule has 0 aliphatic rings. The third-order valence-electron chi connectivity index (χ3n) is 1.77. The maximum Gasteiger partial charge on any atom is 0.0673 e. The summed E-state index contributed by atoms with van der Waals surface area (Å²) in [6.07, 6.45) is 4.57. The van der Waals surface area contributed by atoms with Crippen LogP contribution in [-0.2, 0) is 4.74 Å². The molecule has 0 spiro atoms. The summed E-state index contributed by atoms with van der Waals surface area (Å²) >= 11 is 0. The van der Waals surface area contributed by atoms with Gasteiger partial charge in [-0.3, -0.25) is 0 Å². The molecule has 13 heavy (non-hydrogen) atoms. The van der Waals surface area contributed by atoms with Crippen LogP contribution in [0.2, 0.25) is 0 Å². The van der Waals surface area contributed by atoms with E-state index in [1.54, 1.807) is 0 Å². The zero-order valence-corrected chi connectivity index (χ0v) is 9.23. The Balaban J connectivity index is 3.25. The van der Waals surface area contributed by atoms with Crippen molar-refractivity contribution in [3.63, 3.8) is 0 Å². The van der Waals surface area contributed by atoms with Crippen LogP contribution in [0.1, 0.15) is 33.6 Å². The van der Waals surface area contributed by atoms with Crippen molar-refractivity contribution in [2.45, 2.75) is 33.6 Å². The molecular weight excluding hydrogens is 162 g/mol. The molecule has 0 heterocycles. The standard InChI is InChI=1S/C11H23NO/c1-4-8-12-9-6-7-11(3)10-13-5-2/h7,12H,4-6,8-10H2,1-3H3. The summed E-state index contributed by atoms with van der Waals surface area (Å²) in [5.41, 5.74) is 1.33. The fourth-order valence-electron chi connectivity index (χ4n) is 1.04. The van der Waals surface area contributed by atoms with Gasteiger partial charge < -0.3 is 10.1 Å². The second-order valence-corrected chi connectivity index (χ2v) is 3.23. The molecule has 0 amide bonds. The maximum atomic E-state index is 5.28. The van der Waals surface area contributed by atoms with Gasteiger partial charge in [0.1, 0.15) is 0 Å². The molecule has 1 N–H and O–H groups in total. The minimum Gasteiger partial charge on any atom is -0.377 e. The summed E-state index contributed by atoms with van der Waals surface area (Å²) in [6.45, 7) is 10.1. The van der Waals surface area contributed by atoms with Crippen molar-refractivity contribution in [1.82, 2.24) is 5.32 Å². The second-order valence-electron chi connectivity index (χ2n) is 3.23. The summed E-state index contributed by atoms with van der Waals surface area (Å²) in [7, 11) is 0. The lowest BCUT2D eigenvalue weighted by molar-refractivity contribution is 0.170. The van der Waals surface area contributed by atoms with E-state index in [2.05, 4.69) is 25.2 Å². The molecule has 0 saturated carbocycles. The van der Waals surface area contributed by atoms with Crippen molar-refractivity contribution in [3.8, 4) is 0 Å². The highest BCUT2D eigenvalue weighted by atomic mass is 16.5. The monoisotopic (exact) mass is 185 g/mol. The molecule has 0 saturated heterocycles. The van der Waals surface area contributed by atoms with Gasteiger partial charge in [0.15, 0.2) is 0 Å². The first kappa shape index (κ1) is 12.7.